The Balaban J connectivity index is 1.68. The molecule has 30 heavy (non-hydrogen) atoms. The van der Waals surface area contributed by atoms with E-state index in [9.17, 15) is 18.3 Å². The van der Waals surface area contributed by atoms with Crippen LogP contribution < -0.4 is 4.72 Å². The molecule has 0 radical (unpaired) electrons. The molecule has 0 aliphatic heterocycles. The maximum absolute atomic E-state index is 12.5. The fourth-order valence-electron chi connectivity index (χ4n) is 3.30. The first-order chi connectivity index (χ1) is 14.3. The van der Waals surface area contributed by atoms with Gasteiger partial charge in [0.25, 0.3) is 10.0 Å². The predicted octanol–water partition coefficient (Wildman–Crippen LogP) is 2.63. The second-order valence-electron chi connectivity index (χ2n) is 6.86. The lowest BCUT2D eigenvalue weighted by Gasteiger charge is -2.18. The summed E-state index contributed by atoms with van der Waals surface area (Å²) in [6.07, 6.45) is 4.28. The highest BCUT2D eigenvalue weighted by Gasteiger charge is 2.21. The number of carboxylic acids is 1. The number of carbonyl (C=O) groups is 1. The Morgan fingerprint density at radius 3 is 2.57 bits per heavy atom. The predicted molar refractivity (Wildman–Crippen MR) is 111 cm³/mol. The van der Waals surface area contributed by atoms with Gasteiger partial charge in [-0.1, -0.05) is 30.3 Å². The first-order valence-corrected chi connectivity index (χ1v) is 10.6. The Morgan fingerprint density at radius 1 is 1.13 bits per heavy atom. The zero-order chi connectivity index (χ0) is 21.3. The van der Waals surface area contributed by atoms with E-state index in [2.05, 4.69) is 14.7 Å². The van der Waals surface area contributed by atoms with E-state index in [1.54, 1.807) is 40.7 Å². The van der Waals surface area contributed by atoms with Gasteiger partial charge in [-0.3, -0.25) is 9.52 Å². The van der Waals surface area contributed by atoms with Crippen LogP contribution in [0.3, 0.4) is 0 Å². The number of hydrogen-bond acceptors (Lipinski definition) is 5. The van der Waals surface area contributed by atoms with E-state index in [4.69, 9.17) is 0 Å². The van der Waals surface area contributed by atoms with Crippen LogP contribution in [0.15, 0.2) is 72.4 Å². The third-order valence-corrected chi connectivity index (χ3v) is 5.94. The Labute approximate surface area is 172 Å². The van der Waals surface area contributed by atoms with Gasteiger partial charge in [0.2, 0.25) is 0 Å². The van der Waals surface area contributed by atoms with E-state index in [0.717, 1.165) is 5.56 Å². The van der Waals surface area contributed by atoms with Gasteiger partial charge in [0.05, 0.1) is 41.8 Å². The van der Waals surface area contributed by atoms with Crippen molar-refractivity contribution in [1.29, 1.82) is 0 Å². The van der Waals surface area contributed by atoms with E-state index in [1.807, 2.05) is 30.3 Å². The van der Waals surface area contributed by atoms with Gasteiger partial charge in [0.1, 0.15) is 0 Å². The third-order valence-electron chi connectivity index (χ3n) is 4.67. The number of anilines is 1. The van der Waals surface area contributed by atoms with Crippen LogP contribution >= 0.6 is 0 Å². The molecule has 0 saturated carbocycles. The van der Waals surface area contributed by atoms with Gasteiger partial charge in [0.15, 0.2) is 5.03 Å². The van der Waals surface area contributed by atoms with Crippen molar-refractivity contribution in [2.24, 2.45) is 7.05 Å². The van der Waals surface area contributed by atoms with Crippen LogP contribution in [0.5, 0.6) is 0 Å². The second-order valence-corrected chi connectivity index (χ2v) is 8.49. The molecule has 2 aromatic heterocycles. The maximum Gasteiger partial charge on any atom is 0.305 e. The minimum Gasteiger partial charge on any atom is -0.481 e. The zero-order valence-electron chi connectivity index (χ0n) is 16.0. The minimum absolute atomic E-state index is 0.0822. The van der Waals surface area contributed by atoms with Crippen LogP contribution in [0.1, 0.15) is 18.0 Å². The molecular weight excluding hydrogens is 406 g/mol. The van der Waals surface area contributed by atoms with Crippen LogP contribution in [-0.4, -0.2) is 38.6 Å². The van der Waals surface area contributed by atoms with Gasteiger partial charge in [-0.15, -0.1) is 0 Å². The topological polar surface area (TPSA) is 119 Å². The SMILES string of the molecule is Cn1cnc(S(=O)(=O)Nc2ccc3c(c2)ncn3C(CC(=O)O)c2ccccc2)c1. The van der Waals surface area contributed by atoms with Crippen LogP contribution in [0.2, 0.25) is 0 Å². The molecule has 2 heterocycles. The average Bonchev–Trinajstić information content (AvgIpc) is 3.33. The molecule has 2 aromatic carbocycles. The standard InChI is InChI=1S/C20H19N5O4S/c1-24-11-19(22-12-24)30(28,29)23-15-7-8-17-16(9-15)21-13-25(17)18(10-20(26)27)14-5-3-2-4-6-14/h2-9,11-13,18,23H,10H2,1H3,(H,26,27). The number of aryl methyl sites for hydroxylation is 1. The van der Waals surface area contributed by atoms with Crippen LogP contribution in [0, 0.1) is 0 Å². The molecular formula is C20H19N5O4S. The Morgan fingerprint density at radius 2 is 1.90 bits per heavy atom. The first-order valence-electron chi connectivity index (χ1n) is 9.07. The van der Waals surface area contributed by atoms with Crippen molar-refractivity contribution in [3.63, 3.8) is 0 Å². The molecule has 0 saturated heterocycles. The second kappa shape index (κ2) is 7.64. The number of aromatic nitrogens is 4. The van der Waals surface area contributed by atoms with Crippen molar-refractivity contribution >= 4 is 32.7 Å². The van der Waals surface area contributed by atoms with Crippen molar-refractivity contribution in [1.82, 2.24) is 19.1 Å². The Hall–Kier alpha value is -3.66. The highest BCUT2D eigenvalue weighted by Crippen LogP contribution is 2.28. The molecule has 0 aliphatic carbocycles. The summed E-state index contributed by atoms with van der Waals surface area (Å²) in [6, 6.07) is 13.8. The fourth-order valence-corrected chi connectivity index (χ4v) is 4.33. The molecule has 2 N–H and O–H groups in total. The molecule has 0 fully saturated rings. The largest absolute Gasteiger partial charge is 0.481 e. The minimum atomic E-state index is -3.82. The molecule has 154 valence electrons. The quantitative estimate of drug-likeness (QED) is 0.470. The molecule has 1 atom stereocenters. The third kappa shape index (κ3) is 3.90. The molecule has 0 bridgehead atoms. The number of nitrogens with zero attached hydrogens (tertiary/aromatic N) is 4. The monoisotopic (exact) mass is 425 g/mol. The number of benzene rings is 2. The molecule has 0 spiro atoms. The van der Waals surface area contributed by atoms with Crippen LogP contribution in [0.4, 0.5) is 5.69 Å². The highest BCUT2D eigenvalue weighted by molar-refractivity contribution is 7.92. The van der Waals surface area contributed by atoms with Crippen molar-refractivity contribution in [3.05, 3.63) is 72.9 Å². The summed E-state index contributed by atoms with van der Waals surface area (Å²) in [5.41, 5.74) is 2.43. The number of rotatable bonds is 7. The summed E-state index contributed by atoms with van der Waals surface area (Å²) >= 11 is 0. The molecule has 1 unspecified atom stereocenters. The first kappa shape index (κ1) is 19.6. The van der Waals surface area contributed by atoms with Gasteiger partial charge in [-0.2, -0.15) is 8.42 Å². The van der Waals surface area contributed by atoms with Gasteiger partial charge in [-0.25, -0.2) is 9.97 Å². The Bertz CT molecular complexity index is 1310. The number of nitrogens with one attached hydrogen (secondary N) is 1. The number of carboxylic acid groups (broad SMARTS) is 1. The van der Waals surface area contributed by atoms with Crippen molar-refractivity contribution < 1.29 is 18.3 Å². The van der Waals surface area contributed by atoms with Crippen molar-refractivity contribution in [3.8, 4) is 0 Å². The molecule has 0 aliphatic rings. The number of fused-ring (bicyclic) bond motifs is 1. The molecule has 0 amide bonds. The summed E-state index contributed by atoms with van der Waals surface area (Å²) in [4.78, 5) is 19.7. The lowest BCUT2D eigenvalue weighted by molar-refractivity contribution is -0.137. The van der Waals surface area contributed by atoms with Crippen molar-refractivity contribution in [2.45, 2.75) is 17.5 Å². The Kier molecular flexibility index (Phi) is 5.00. The van der Waals surface area contributed by atoms with Crippen LogP contribution in [-0.2, 0) is 21.9 Å². The maximum atomic E-state index is 12.5. The van der Waals surface area contributed by atoms with Gasteiger partial charge in [0, 0.05) is 13.2 Å². The molecule has 9 nitrogen and oxygen atoms in total. The number of sulfonamides is 1. The van der Waals surface area contributed by atoms with Gasteiger partial charge in [-0.05, 0) is 23.8 Å². The zero-order valence-corrected chi connectivity index (χ0v) is 16.8. The van der Waals surface area contributed by atoms with E-state index >= 15 is 0 Å². The normalized spacial score (nSPS) is 12.7. The molecule has 10 heteroatoms. The number of imidazole rings is 2. The van der Waals surface area contributed by atoms with Gasteiger partial charge >= 0.3 is 5.97 Å². The number of aliphatic carboxylic acids is 1. The smallest absolute Gasteiger partial charge is 0.305 e. The summed E-state index contributed by atoms with van der Waals surface area (Å²) in [5.74, 6) is -0.926. The lowest BCUT2D eigenvalue weighted by Crippen LogP contribution is -2.15. The lowest BCUT2D eigenvalue weighted by atomic mass is 10.0. The summed E-state index contributed by atoms with van der Waals surface area (Å²) < 4.78 is 30.8. The fraction of sp³-hybridized carbons (Fsp3) is 0.150. The highest BCUT2D eigenvalue weighted by atomic mass is 32.2. The van der Waals surface area contributed by atoms with E-state index in [-0.39, 0.29) is 11.4 Å². The van der Waals surface area contributed by atoms with E-state index in [1.165, 1.54) is 12.5 Å². The van der Waals surface area contributed by atoms with Gasteiger partial charge < -0.3 is 14.2 Å². The summed E-state index contributed by atoms with van der Waals surface area (Å²) in [7, 11) is -2.14. The average molecular weight is 425 g/mol. The van der Waals surface area contributed by atoms with Crippen LogP contribution in [0.25, 0.3) is 11.0 Å². The number of hydrogen-bond donors (Lipinski definition) is 2. The summed E-state index contributed by atoms with van der Waals surface area (Å²) in [6.45, 7) is 0. The van der Waals surface area contributed by atoms with E-state index < -0.39 is 22.0 Å². The molecule has 4 rings (SSSR count). The van der Waals surface area contributed by atoms with E-state index in [0.29, 0.717) is 16.7 Å². The van der Waals surface area contributed by atoms with Crippen molar-refractivity contribution in [2.75, 3.05) is 4.72 Å². The summed E-state index contributed by atoms with van der Waals surface area (Å²) in [5, 5.41) is 9.30. The molecule has 4 aromatic rings.